The third kappa shape index (κ3) is 5.19. The van der Waals surface area contributed by atoms with Crippen LogP contribution in [-0.4, -0.2) is 52.5 Å². The molecular formula is C17H31N3O4. The van der Waals surface area contributed by atoms with E-state index in [1.807, 2.05) is 27.7 Å². The zero-order chi connectivity index (χ0) is 18.4. The second-order valence-corrected chi connectivity index (χ2v) is 7.13. The molecule has 2 amide bonds. The van der Waals surface area contributed by atoms with E-state index in [-0.39, 0.29) is 17.7 Å². The lowest BCUT2D eigenvalue weighted by Crippen LogP contribution is -2.55. The Labute approximate surface area is 144 Å². The maximum Gasteiger partial charge on any atom is 0.326 e. The van der Waals surface area contributed by atoms with Gasteiger partial charge in [-0.3, -0.25) is 9.59 Å². The van der Waals surface area contributed by atoms with E-state index in [2.05, 4.69) is 5.32 Å². The van der Waals surface area contributed by atoms with Crippen LogP contribution in [0.4, 0.5) is 0 Å². The number of aliphatic carboxylic acids is 1. The van der Waals surface area contributed by atoms with Crippen LogP contribution in [0.15, 0.2) is 0 Å². The fourth-order valence-corrected chi connectivity index (χ4v) is 2.95. The fourth-order valence-electron chi connectivity index (χ4n) is 2.95. The van der Waals surface area contributed by atoms with Gasteiger partial charge in [0.15, 0.2) is 0 Å². The highest BCUT2D eigenvalue weighted by molar-refractivity contribution is 5.92. The number of carboxylic acid groups (broad SMARTS) is 1. The number of hydrogen-bond donors (Lipinski definition) is 3. The van der Waals surface area contributed by atoms with Crippen molar-refractivity contribution in [2.75, 3.05) is 6.54 Å². The molecule has 1 aliphatic heterocycles. The minimum Gasteiger partial charge on any atom is -0.480 e. The lowest BCUT2D eigenvalue weighted by atomic mass is 9.98. The SMILES string of the molecule is CC[C@H](C)[C@H](N)C(=O)N1CCC[C@H]1C(=O)N[C@@H](CC(C)C)C(=O)O. The Morgan fingerprint density at radius 2 is 1.92 bits per heavy atom. The largest absolute Gasteiger partial charge is 0.480 e. The van der Waals surface area contributed by atoms with Gasteiger partial charge in [-0.05, 0) is 31.1 Å². The van der Waals surface area contributed by atoms with Crippen molar-refractivity contribution in [2.24, 2.45) is 17.6 Å². The van der Waals surface area contributed by atoms with Gasteiger partial charge in [-0.1, -0.05) is 34.1 Å². The van der Waals surface area contributed by atoms with Gasteiger partial charge in [0.05, 0.1) is 6.04 Å². The summed E-state index contributed by atoms with van der Waals surface area (Å²) in [6, 6.07) is -2.19. The summed E-state index contributed by atoms with van der Waals surface area (Å²) in [5.41, 5.74) is 6.01. The highest BCUT2D eigenvalue weighted by atomic mass is 16.4. The van der Waals surface area contributed by atoms with Crippen LogP contribution in [0.3, 0.4) is 0 Å². The van der Waals surface area contributed by atoms with Crippen molar-refractivity contribution in [3.05, 3.63) is 0 Å². The van der Waals surface area contributed by atoms with E-state index in [0.29, 0.717) is 19.4 Å². The van der Waals surface area contributed by atoms with E-state index >= 15 is 0 Å². The lowest BCUT2D eigenvalue weighted by Gasteiger charge is -2.29. The van der Waals surface area contributed by atoms with Gasteiger partial charge in [0.25, 0.3) is 0 Å². The minimum absolute atomic E-state index is 0.0366. The van der Waals surface area contributed by atoms with Gasteiger partial charge in [0.1, 0.15) is 12.1 Å². The molecule has 1 aliphatic rings. The van der Waals surface area contributed by atoms with E-state index in [0.717, 1.165) is 12.8 Å². The summed E-state index contributed by atoms with van der Waals surface area (Å²) in [6.07, 6.45) is 2.40. The number of nitrogens with zero attached hydrogens (tertiary/aromatic N) is 1. The Morgan fingerprint density at radius 3 is 2.42 bits per heavy atom. The lowest BCUT2D eigenvalue weighted by molar-refractivity contribution is -0.144. The first-order valence-corrected chi connectivity index (χ1v) is 8.78. The van der Waals surface area contributed by atoms with Crippen molar-refractivity contribution in [3.8, 4) is 0 Å². The zero-order valence-electron chi connectivity index (χ0n) is 15.1. The molecule has 0 saturated carbocycles. The van der Waals surface area contributed by atoms with Crippen LogP contribution in [0.1, 0.15) is 53.4 Å². The van der Waals surface area contributed by atoms with Crippen LogP contribution in [0.25, 0.3) is 0 Å². The van der Waals surface area contributed by atoms with Gasteiger partial charge in [-0.25, -0.2) is 4.79 Å². The number of nitrogens with two attached hydrogens (primary N) is 1. The molecule has 0 bridgehead atoms. The van der Waals surface area contributed by atoms with Gasteiger partial charge >= 0.3 is 5.97 Å². The number of carbonyl (C=O) groups is 3. The summed E-state index contributed by atoms with van der Waals surface area (Å²) in [7, 11) is 0. The van der Waals surface area contributed by atoms with E-state index in [1.165, 1.54) is 4.90 Å². The van der Waals surface area contributed by atoms with Gasteiger partial charge in [0, 0.05) is 6.54 Å². The van der Waals surface area contributed by atoms with Gasteiger partial charge in [-0.2, -0.15) is 0 Å². The molecule has 4 N–H and O–H groups in total. The summed E-state index contributed by atoms with van der Waals surface area (Å²) >= 11 is 0. The summed E-state index contributed by atoms with van der Waals surface area (Å²) in [6.45, 7) is 8.17. The molecular weight excluding hydrogens is 310 g/mol. The van der Waals surface area contributed by atoms with E-state index in [4.69, 9.17) is 5.73 Å². The molecule has 0 spiro atoms. The predicted molar refractivity (Wildman–Crippen MR) is 91.2 cm³/mol. The molecule has 0 unspecified atom stereocenters. The smallest absolute Gasteiger partial charge is 0.326 e. The maximum absolute atomic E-state index is 12.6. The molecule has 138 valence electrons. The molecule has 1 rings (SSSR count). The molecule has 1 fully saturated rings. The zero-order valence-corrected chi connectivity index (χ0v) is 15.1. The number of nitrogens with one attached hydrogen (secondary N) is 1. The first kappa shape index (κ1) is 20.4. The maximum atomic E-state index is 12.6. The predicted octanol–water partition coefficient (Wildman–Crippen LogP) is 0.966. The van der Waals surface area contributed by atoms with E-state index in [1.54, 1.807) is 0 Å². The standard InChI is InChI=1S/C17H31N3O4/c1-5-11(4)14(18)16(22)20-8-6-7-13(20)15(21)19-12(17(23)24)9-10(2)3/h10-14H,5-9,18H2,1-4H3,(H,19,21)(H,23,24)/t11-,12-,13-,14-/m0/s1. The summed E-state index contributed by atoms with van der Waals surface area (Å²) in [4.78, 5) is 37.9. The Hall–Kier alpha value is -1.63. The van der Waals surface area contributed by atoms with Crippen molar-refractivity contribution in [2.45, 2.75) is 71.5 Å². The summed E-state index contributed by atoms with van der Waals surface area (Å²) < 4.78 is 0. The Bertz CT molecular complexity index is 467. The first-order chi connectivity index (χ1) is 11.2. The van der Waals surface area contributed by atoms with Crippen LogP contribution < -0.4 is 11.1 Å². The van der Waals surface area contributed by atoms with Gasteiger partial charge < -0.3 is 21.1 Å². The Morgan fingerprint density at radius 1 is 1.29 bits per heavy atom. The molecule has 24 heavy (non-hydrogen) atoms. The van der Waals surface area contributed by atoms with E-state index < -0.39 is 30.0 Å². The molecule has 0 aromatic heterocycles. The minimum atomic E-state index is -1.05. The van der Waals surface area contributed by atoms with Crippen molar-refractivity contribution in [1.29, 1.82) is 0 Å². The second-order valence-electron chi connectivity index (χ2n) is 7.13. The van der Waals surface area contributed by atoms with Crippen LogP contribution in [0, 0.1) is 11.8 Å². The number of carbonyl (C=O) groups excluding carboxylic acids is 2. The summed E-state index contributed by atoms with van der Waals surface area (Å²) in [5, 5.41) is 11.9. The molecule has 0 aromatic rings. The number of likely N-dealkylation sites (tertiary alicyclic amines) is 1. The highest BCUT2D eigenvalue weighted by Crippen LogP contribution is 2.21. The van der Waals surface area contributed by atoms with Crippen LogP contribution in [0.5, 0.6) is 0 Å². The molecule has 0 aliphatic carbocycles. The molecule has 1 saturated heterocycles. The Kier molecular flexibility index (Phi) is 7.66. The molecule has 1 heterocycles. The second kappa shape index (κ2) is 9.01. The van der Waals surface area contributed by atoms with Crippen molar-refractivity contribution in [1.82, 2.24) is 10.2 Å². The fraction of sp³-hybridized carbons (Fsp3) is 0.824. The average molecular weight is 341 g/mol. The van der Waals surface area contributed by atoms with Gasteiger partial charge in [-0.15, -0.1) is 0 Å². The molecule has 7 nitrogen and oxygen atoms in total. The average Bonchev–Trinajstić information content (AvgIpc) is 3.00. The quantitative estimate of drug-likeness (QED) is 0.609. The third-order valence-corrected chi connectivity index (χ3v) is 4.70. The van der Waals surface area contributed by atoms with Crippen molar-refractivity contribution in [3.63, 3.8) is 0 Å². The molecule has 0 aromatic carbocycles. The normalized spacial score (nSPS) is 21.4. The van der Waals surface area contributed by atoms with Crippen molar-refractivity contribution >= 4 is 17.8 Å². The Balaban J connectivity index is 2.78. The monoisotopic (exact) mass is 341 g/mol. The van der Waals surface area contributed by atoms with Crippen LogP contribution in [-0.2, 0) is 14.4 Å². The van der Waals surface area contributed by atoms with Crippen molar-refractivity contribution < 1.29 is 19.5 Å². The number of carboxylic acids is 1. The summed E-state index contributed by atoms with van der Waals surface area (Å²) in [5.74, 6) is -1.49. The topological polar surface area (TPSA) is 113 Å². The molecule has 0 radical (unpaired) electrons. The number of rotatable bonds is 8. The van der Waals surface area contributed by atoms with Crippen LogP contribution in [0.2, 0.25) is 0 Å². The third-order valence-electron chi connectivity index (χ3n) is 4.70. The first-order valence-electron chi connectivity index (χ1n) is 8.78. The van der Waals surface area contributed by atoms with Gasteiger partial charge in [0.2, 0.25) is 11.8 Å². The number of hydrogen-bond acceptors (Lipinski definition) is 4. The molecule has 4 atom stereocenters. The number of amides is 2. The molecule has 7 heteroatoms. The van der Waals surface area contributed by atoms with E-state index in [9.17, 15) is 19.5 Å². The highest BCUT2D eigenvalue weighted by Gasteiger charge is 2.38. The van der Waals surface area contributed by atoms with Crippen LogP contribution >= 0.6 is 0 Å².